The lowest BCUT2D eigenvalue weighted by atomic mass is 10.0. The number of fused-ring (bicyclic) bond motifs is 1. The van der Waals surface area contributed by atoms with Crippen LogP contribution in [-0.2, 0) is 32.3 Å². The molecule has 0 saturated heterocycles. The molecule has 2 N–H and O–H groups in total. The highest BCUT2D eigenvalue weighted by Gasteiger charge is 2.30. The second-order valence-electron chi connectivity index (χ2n) is 12.0. The normalized spacial score (nSPS) is 17.7. The summed E-state index contributed by atoms with van der Waals surface area (Å²) in [5.74, 6) is 0.213. The molecule has 1 atom stereocenters. The Kier molecular flexibility index (Phi) is 12.1. The summed E-state index contributed by atoms with van der Waals surface area (Å²) in [6, 6.07) is 13.3. The number of ether oxygens (including phenoxy) is 3. The molecule has 0 radical (unpaired) electrons. The number of aliphatic hydroxyl groups is 1. The van der Waals surface area contributed by atoms with E-state index in [2.05, 4.69) is 5.32 Å². The first-order chi connectivity index (χ1) is 19.7. The quantitative estimate of drug-likeness (QED) is 0.211. The summed E-state index contributed by atoms with van der Waals surface area (Å²) < 4.78 is 43.1. The standard InChI is InChI=1S/C33H49NO6S/c1-33(2)39-25-28-23-27(17-18-32(28)40-33)31(35)24-34-19-8-4-3-5-9-20-38-21-11-13-26-12-10-16-30(22-26)41(36,37)29-14-6-7-15-29/h10,12,16-18,22-23,29,31,34-35H,3-9,11,13-15,19-21,24-25H2,1-2H3/t31-/m0/s1. The van der Waals surface area contributed by atoms with Crippen molar-refractivity contribution in [3.8, 4) is 5.75 Å². The minimum atomic E-state index is -3.19. The van der Waals surface area contributed by atoms with Gasteiger partial charge in [0.15, 0.2) is 9.84 Å². The Morgan fingerprint density at radius 1 is 1.00 bits per heavy atom. The molecule has 228 valence electrons. The number of nitrogens with one attached hydrogen (secondary N) is 1. The van der Waals surface area contributed by atoms with Gasteiger partial charge in [-0.15, -0.1) is 0 Å². The Balaban J connectivity index is 0.987. The van der Waals surface area contributed by atoms with Gasteiger partial charge >= 0.3 is 0 Å². The number of aryl methyl sites for hydroxylation is 1. The molecule has 0 spiro atoms. The van der Waals surface area contributed by atoms with E-state index in [1.54, 1.807) is 6.07 Å². The van der Waals surface area contributed by atoms with Gasteiger partial charge in [-0.1, -0.05) is 50.3 Å². The summed E-state index contributed by atoms with van der Waals surface area (Å²) in [5.41, 5.74) is 2.93. The van der Waals surface area contributed by atoms with Gasteiger partial charge in [-0.3, -0.25) is 0 Å². The molecule has 0 unspecified atom stereocenters. The zero-order chi connectivity index (χ0) is 29.1. The summed E-state index contributed by atoms with van der Waals surface area (Å²) in [7, 11) is -3.19. The van der Waals surface area contributed by atoms with Crippen LogP contribution in [0.2, 0.25) is 0 Å². The van der Waals surface area contributed by atoms with Crippen LogP contribution in [0.4, 0.5) is 0 Å². The lowest BCUT2D eigenvalue weighted by Crippen LogP contribution is -2.35. The maximum absolute atomic E-state index is 12.9. The topological polar surface area (TPSA) is 94.1 Å². The van der Waals surface area contributed by atoms with Crippen LogP contribution in [0.1, 0.15) is 101 Å². The maximum Gasteiger partial charge on any atom is 0.205 e. The Morgan fingerprint density at radius 2 is 1.76 bits per heavy atom. The molecule has 0 amide bonds. The Morgan fingerprint density at radius 3 is 2.59 bits per heavy atom. The lowest BCUT2D eigenvalue weighted by Gasteiger charge is -2.33. The van der Waals surface area contributed by atoms with Crippen LogP contribution in [0.3, 0.4) is 0 Å². The molecule has 1 aliphatic carbocycles. The molecular formula is C33H49NO6S. The van der Waals surface area contributed by atoms with Crippen molar-refractivity contribution in [2.45, 2.75) is 113 Å². The first kappa shape index (κ1) is 32.0. The zero-order valence-corrected chi connectivity index (χ0v) is 25.7. The number of benzene rings is 2. The molecule has 7 nitrogen and oxygen atoms in total. The van der Waals surface area contributed by atoms with Crippen molar-refractivity contribution in [1.29, 1.82) is 0 Å². The maximum atomic E-state index is 12.9. The number of rotatable bonds is 17. The molecule has 41 heavy (non-hydrogen) atoms. The van der Waals surface area contributed by atoms with Crippen molar-refractivity contribution in [2.75, 3.05) is 26.3 Å². The summed E-state index contributed by atoms with van der Waals surface area (Å²) in [6.07, 6.45) is 10.4. The number of hydrogen-bond donors (Lipinski definition) is 2. The van der Waals surface area contributed by atoms with Crippen LogP contribution in [0, 0.1) is 0 Å². The zero-order valence-electron chi connectivity index (χ0n) is 24.9. The highest BCUT2D eigenvalue weighted by molar-refractivity contribution is 7.92. The molecule has 0 bridgehead atoms. The monoisotopic (exact) mass is 587 g/mol. The Labute approximate surface area is 246 Å². The van der Waals surface area contributed by atoms with Crippen molar-refractivity contribution in [2.24, 2.45) is 0 Å². The van der Waals surface area contributed by atoms with Crippen LogP contribution < -0.4 is 10.1 Å². The largest absolute Gasteiger partial charge is 0.463 e. The highest BCUT2D eigenvalue weighted by Crippen LogP contribution is 2.33. The predicted molar refractivity (Wildman–Crippen MR) is 162 cm³/mol. The highest BCUT2D eigenvalue weighted by atomic mass is 32.2. The van der Waals surface area contributed by atoms with E-state index in [0.717, 1.165) is 99.8 Å². The molecule has 1 fully saturated rings. The van der Waals surface area contributed by atoms with Gasteiger partial charge in [0, 0.05) is 39.2 Å². The molecule has 4 rings (SSSR count). The van der Waals surface area contributed by atoms with Crippen LogP contribution in [0.5, 0.6) is 5.75 Å². The molecule has 1 aliphatic heterocycles. The van der Waals surface area contributed by atoms with Gasteiger partial charge in [0.1, 0.15) is 5.75 Å². The van der Waals surface area contributed by atoms with Gasteiger partial charge in [0.25, 0.3) is 0 Å². The average Bonchev–Trinajstić information content (AvgIpc) is 3.51. The van der Waals surface area contributed by atoms with Crippen LogP contribution in [0.15, 0.2) is 47.4 Å². The van der Waals surface area contributed by atoms with E-state index in [4.69, 9.17) is 14.2 Å². The molecule has 2 aromatic rings. The van der Waals surface area contributed by atoms with Crippen LogP contribution >= 0.6 is 0 Å². The van der Waals surface area contributed by atoms with Crippen molar-refractivity contribution in [1.82, 2.24) is 5.32 Å². The molecule has 2 aliphatic rings. The first-order valence-electron chi connectivity index (χ1n) is 15.5. The summed E-state index contributed by atoms with van der Waals surface area (Å²) in [6.45, 7) is 7.18. The average molecular weight is 588 g/mol. The van der Waals surface area contributed by atoms with Gasteiger partial charge < -0.3 is 24.6 Å². The van der Waals surface area contributed by atoms with Gasteiger partial charge in [-0.25, -0.2) is 8.42 Å². The fourth-order valence-electron chi connectivity index (χ4n) is 5.66. The van der Waals surface area contributed by atoms with Crippen molar-refractivity contribution in [3.05, 3.63) is 59.2 Å². The van der Waals surface area contributed by atoms with Crippen molar-refractivity contribution in [3.63, 3.8) is 0 Å². The fraction of sp³-hybridized carbons (Fsp3) is 0.636. The molecule has 1 saturated carbocycles. The molecule has 2 aromatic carbocycles. The predicted octanol–water partition coefficient (Wildman–Crippen LogP) is 6.27. The van der Waals surface area contributed by atoms with E-state index in [9.17, 15) is 13.5 Å². The number of aliphatic hydroxyl groups excluding tert-OH is 1. The minimum Gasteiger partial charge on any atom is -0.463 e. The molecular weight excluding hydrogens is 538 g/mol. The minimum absolute atomic E-state index is 0.198. The van der Waals surface area contributed by atoms with E-state index in [-0.39, 0.29) is 5.25 Å². The van der Waals surface area contributed by atoms with E-state index in [1.165, 1.54) is 6.42 Å². The molecule has 8 heteroatoms. The Bertz CT molecular complexity index is 1190. The van der Waals surface area contributed by atoms with Gasteiger partial charge in [-0.2, -0.15) is 0 Å². The number of unbranched alkanes of at least 4 members (excludes halogenated alkanes) is 4. The van der Waals surface area contributed by atoms with Gasteiger partial charge in [-0.05, 0) is 80.5 Å². The summed E-state index contributed by atoms with van der Waals surface area (Å²) in [4.78, 5) is 0.485. The van der Waals surface area contributed by atoms with E-state index in [1.807, 2.05) is 50.2 Å². The molecule has 1 heterocycles. The fourth-order valence-corrected chi connectivity index (χ4v) is 7.58. The number of hydrogen-bond acceptors (Lipinski definition) is 7. The van der Waals surface area contributed by atoms with Gasteiger partial charge in [0.05, 0.1) is 22.9 Å². The van der Waals surface area contributed by atoms with Crippen molar-refractivity contribution >= 4 is 9.84 Å². The smallest absolute Gasteiger partial charge is 0.205 e. The Hall–Kier alpha value is -1.97. The first-order valence-corrected chi connectivity index (χ1v) is 17.0. The second kappa shape index (κ2) is 15.5. The van der Waals surface area contributed by atoms with E-state index >= 15 is 0 Å². The van der Waals surface area contributed by atoms with E-state index < -0.39 is 21.7 Å². The number of sulfone groups is 1. The third-order valence-corrected chi connectivity index (χ3v) is 10.4. The van der Waals surface area contributed by atoms with Crippen LogP contribution in [0.25, 0.3) is 0 Å². The molecule has 0 aromatic heterocycles. The van der Waals surface area contributed by atoms with Crippen molar-refractivity contribution < 1.29 is 27.7 Å². The summed E-state index contributed by atoms with van der Waals surface area (Å²) in [5, 5.41) is 13.7. The van der Waals surface area contributed by atoms with Crippen LogP contribution in [-0.4, -0.2) is 50.9 Å². The summed E-state index contributed by atoms with van der Waals surface area (Å²) >= 11 is 0. The third kappa shape index (κ3) is 9.79. The second-order valence-corrected chi connectivity index (χ2v) is 14.2. The van der Waals surface area contributed by atoms with E-state index in [0.29, 0.717) is 24.7 Å². The van der Waals surface area contributed by atoms with Gasteiger partial charge in [0.2, 0.25) is 5.79 Å². The third-order valence-electron chi connectivity index (χ3n) is 8.10. The lowest BCUT2D eigenvalue weighted by molar-refractivity contribution is -0.180. The SMILES string of the molecule is CC1(C)OCc2cc([C@@H](O)CNCCCCCCCOCCCc3cccc(S(=O)(=O)C4CCCC4)c3)ccc2O1.